The second kappa shape index (κ2) is 3.81. The number of allylic oxidation sites excluding steroid dienone is 3. The number of hydrogen-bond acceptors (Lipinski definition) is 1. The number of aliphatic hydroxyl groups is 1. The van der Waals surface area contributed by atoms with Gasteiger partial charge in [0.05, 0.1) is 5.76 Å². The molecule has 0 aliphatic carbocycles. The molecule has 0 radical (unpaired) electrons. The highest BCUT2D eigenvalue weighted by Crippen LogP contribution is 2.06. The van der Waals surface area contributed by atoms with Crippen LogP contribution in [0.2, 0.25) is 0 Å². The lowest BCUT2D eigenvalue weighted by molar-refractivity contribution is 0.414. The summed E-state index contributed by atoms with van der Waals surface area (Å²) in [7, 11) is 0. The molecule has 0 aromatic heterocycles. The molecule has 0 aromatic rings. The Kier molecular flexibility index (Phi) is 3.75. The van der Waals surface area contributed by atoms with Gasteiger partial charge in [0.25, 0.3) is 0 Å². The van der Waals surface area contributed by atoms with Gasteiger partial charge in [-0.3, -0.25) is 0 Å². The lowest BCUT2D eigenvalue weighted by Crippen LogP contribution is -1.64. The van der Waals surface area contributed by atoms with Crippen LogP contribution in [0, 0.1) is 0 Å². The first kappa shape index (κ1) is 7.86. The Morgan fingerprint density at radius 2 is 1.88 bits per heavy atom. The van der Waals surface area contributed by atoms with E-state index in [9.17, 15) is 0 Å². The third-order valence-electron chi connectivity index (χ3n) is 0.451. The fraction of sp³-hybridized carbons (Fsp3) is 0.200. The molecule has 1 N–H and O–H groups in total. The Morgan fingerprint density at radius 1 is 1.38 bits per heavy atom. The smallest absolute Gasteiger partial charge is 0.106 e. The molecular formula is C5H6Cl2O. The molecule has 0 spiro atoms. The van der Waals surface area contributed by atoms with E-state index in [0.29, 0.717) is 0 Å². The van der Waals surface area contributed by atoms with Crippen LogP contribution in [0.3, 0.4) is 0 Å². The first-order valence-corrected chi connectivity index (χ1v) is 2.77. The van der Waals surface area contributed by atoms with Crippen molar-refractivity contribution >= 4 is 23.2 Å². The van der Waals surface area contributed by atoms with Crippen LogP contribution in [0.25, 0.3) is 0 Å². The fourth-order valence-electron chi connectivity index (χ4n) is 0.184. The molecule has 0 heterocycles. The van der Waals surface area contributed by atoms with E-state index in [0.717, 1.165) is 0 Å². The van der Waals surface area contributed by atoms with Crippen LogP contribution in [0.1, 0.15) is 6.92 Å². The quantitative estimate of drug-likeness (QED) is 0.453. The van der Waals surface area contributed by atoms with E-state index < -0.39 is 0 Å². The van der Waals surface area contributed by atoms with Crippen molar-refractivity contribution in [2.75, 3.05) is 0 Å². The van der Waals surface area contributed by atoms with Crippen LogP contribution in [0.5, 0.6) is 0 Å². The van der Waals surface area contributed by atoms with Crippen LogP contribution < -0.4 is 0 Å². The van der Waals surface area contributed by atoms with Gasteiger partial charge in [0, 0.05) is 0 Å². The lowest BCUT2D eigenvalue weighted by atomic mass is 10.5. The van der Waals surface area contributed by atoms with Gasteiger partial charge >= 0.3 is 0 Å². The van der Waals surface area contributed by atoms with E-state index in [-0.39, 0.29) is 10.3 Å². The molecule has 8 heavy (non-hydrogen) atoms. The normalized spacial score (nSPS) is 11.1. The molecule has 3 heteroatoms. The molecule has 0 bridgehead atoms. The Bertz CT molecular complexity index is 102. The van der Waals surface area contributed by atoms with Crippen LogP contribution in [-0.2, 0) is 0 Å². The predicted molar refractivity (Wildman–Crippen MR) is 36.2 cm³/mol. The molecule has 0 saturated carbocycles. The second-order valence-electron chi connectivity index (χ2n) is 1.26. The molecule has 0 aliphatic heterocycles. The summed E-state index contributed by atoms with van der Waals surface area (Å²) < 4.78 is 0.137. The van der Waals surface area contributed by atoms with Crippen molar-refractivity contribution in [3.8, 4) is 0 Å². The average Bonchev–Trinajstić information content (AvgIpc) is 1.61. The minimum absolute atomic E-state index is 0.137. The van der Waals surface area contributed by atoms with Gasteiger partial charge in [-0.05, 0) is 19.1 Å². The molecule has 0 rings (SSSR count). The maximum atomic E-state index is 8.50. The Labute approximate surface area is 58.2 Å². The lowest BCUT2D eigenvalue weighted by Gasteiger charge is -1.80. The Balaban J connectivity index is 3.76. The average molecular weight is 153 g/mol. The highest BCUT2D eigenvalue weighted by Gasteiger charge is 1.78. The molecule has 46 valence electrons. The van der Waals surface area contributed by atoms with E-state index >= 15 is 0 Å². The summed E-state index contributed by atoms with van der Waals surface area (Å²) in [4.78, 5) is 0. The van der Waals surface area contributed by atoms with Gasteiger partial charge in [-0.15, -0.1) is 0 Å². The highest BCUT2D eigenvalue weighted by atomic mass is 35.5. The van der Waals surface area contributed by atoms with Crippen molar-refractivity contribution in [2.24, 2.45) is 0 Å². The van der Waals surface area contributed by atoms with Gasteiger partial charge in [-0.1, -0.05) is 23.2 Å². The predicted octanol–water partition coefficient (Wildman–Crippen LogP) is 2.77. The van der Waals surface area contributed by atoms with E-state index in [2.05, 4.69) is 0 Å². The largest absolute Gasteiger partial charge is 0.513 e. The van der Waals surface area contributed by atoms with E-state index in [4.69, 9.17) is 28.3 Å². The van der Waals surface area contributed by atoms with E-state index in [1.807, 2.05) is 0 Å². The van der Waals surface area contributed by atoms with Crippen LogP contribution in [-0.4, -0.2) is 5.11 Å². The van der Waals surface area contributed by atoms with Gasteiger partial charge in [0.1, 0.15) is 4.49 Å². The Hall–Kier alpha value is -0.140. The van der Waals surface area contributed by atoms with Crippen molar-refractivity contribution in [3.05, 3.63) is 22.4 Å². The van der Waals surface area contributed by atoms with Crippen molar-refractivity contribution < 1.29 is 5.11 Å². The van der Waals surface area contributed by atoms with Crippen molar-refractivity contribution in [1.29, 1.82) is 0 Å². The SMILES string of the molecule is CC(O)=CC=C(Cl)Cl. The molecule has 1 nitrogen and oxygen atoms in total. The molecule has 0 amide bonds. The molecule has 0 aliphatic rings. The van der Waals surface area contributed by atoms with Gasteiger partial charge in [-0.2, -0.15) is 0 Å². The van der Waals surface area contributed by atoms with Crippen LogP contribution in [0.4, 0.5) is 0 Å². The summed E-state index contributed by atoms with van der Waals surface area (Å²) in [6, 6.07) is 0. The topological polar surface area (TPSA) is 20.2 Å². The van der Waals surface area contributed by atoms with Crippen LogP contribution in [0.15, 0.2) is 22.4 Å². The summed E-state index contributed by atoms with van der Waals surface area (Å²) in [6.07, 6.45) is 2.81. The minimum atomic E-state index is 0.137. The first-order valence-electron chi connectivity index (χ1n) is 2.01. The number of halogens is 2. The summed E-state index contributed by atoms with van der Waals surface area (Å²) >= 11 is 10.4. The number of aliphatic hydroxyl groups excluding tert-OH is 1. The van der Waals surface area contributed by atoms with Crippen molar-refractivity contribution in [2.45, 2.75) is 6.92 Å². The van der Waals surface area contributed by atoms with E-state index in [1.165, 1.54) is 19.1 Å². The summed E-state index contributed by atoms with van der Waals surface area (Å²) in [5.74, 6) is 0.184. The Morgan fingerprint density at radius 3 is 2.00 bits per heavy atom. The van der Waals surface area contributed by atoms with Gasteiger partial charge in [0.15, 0.2) is 0 Å². The van der Waals surface area contributed by atoms with E-state index in [1.54, 1.807) is 0 Å². The standard InChI is InChI=1S/C5H6Cl2O/c1-4(8)2-3-5(6)7/h2-3,8H,1H3. The zero-order valence-electron chi connectivity index (χ0n) is 4.36. The third kappa shape index (κ3) is 5.86. The maximum Gasteiger partial charge on any atom is 0.106 e. The zero-order chi connectivity index (χ0) is 6.57. The summed E-state index contributed by atoms with van der Waals surface area (Å²) in [6.45, 7) is 1.53. The van der Waals surface area contributed by atoms with Crippen molar-refractivity contribution in [3.63, 3.8) is 0 Å². The number of rotatable bonds is 1. The fourth-order valence-corrected chi connectivity index (χ4v) is 0.310. The van der Waals surface area contributed by atoms with Crippen molar-refractivity contribution in [1.82, 2.24) is 0 Å². The van der Waals surface area contributed by atoms with Gasteiger partial charge in [0.2, 0.25) is 0 Å². The minimum Gasteiger partial charge on any atom is -0.513 e. The summed E-state index contributed by atoms with van der Waals surface area (Å²) in [5.41, 5.74) is 0. The molecule has 0 saturated heterocycles. The highest BCUT2D eigenvalue weighted by molar-refractivity contribution is 6.55. The molecule has 0 aromatic carbocycles. The van der Waals surface area contributed by atoms with Gasteiger partial charge < -0.3 is 5.11 Å². The molecule has 0 fully saturated rings. The first-order chi connectivity index (χ1) is 3.63. The molecular weight excluding hydrogens is 147 g/mol. The number of hydrogen-bond donors (Lipinski definition) is 1. The summed E-state index contributed by atoms with van der Waals surface area (Å²) in [5, 5.41) is 8.50. The third-order valence-corrected chi connectivity index (χ3v) is 0.703. The van der Waals surface area contributed by atoms with Crippen LogP contribution >= 0.6 is 23.2 Å². The van der Waals surface area contributed by atoms with Gasteiger partial charge in [-0.25, -0.2) is 0 Å². The second-order valence-corrected chi connectivity index (χ2v) is 2.27. The molecule has 0 atom stereocenters. The zero-order valence-corrected chi connectivity index (χ0v) is 5.87. The maximum absolute atomic E-state index is 8.50. The molecule has 0 unspecified atom stereocenters. The monoisotopic (exact) mass is 152 g/mol.